The standard InChI is InChI=1S/C4H10N2O4S/c5-3(4(7)8)1-2-6-11(9)10/h3,11H,1-2,5H2,(H,7,8)(H,6,9,10)/t3-/m0/s1. The molecule has 0 bridgehead atoms. The Balaban J connectivity index is 3.46. The molecule has 66 valence electrons. The molecule has 1 atom stereocenters. The molecular formula is C4H10N2O4S. The molecule has 7 heteroatoms. The highest BCUT2D eigenvalue weighted by molar-refractivity contribution is 7.70. The molecular weight excluding hydrogens is 172 g/mol. The second-order valence-electron chi connectivity index (χ2n) is 1.90. The zero-order valence-corrected chi connectivity index (χ0v) is 6.58. The Bertz CT molecular complexity index is 194. The third-order valence-electron chi connectivity index (χ3n) is 1.01. The Kier molecular flexibility index (Phi) is 4.75. The minimum atomic E-state index is -2.65. The number of aliphatic carboxylic acids is 1. The fourth-order valence-electron chi connectivity index (χ4n) is 0.435. The van der Waals surface area contributed by atoms with Crippen LogP contribution in [0.25, 0.3) is 0 Å². The molecule has 0 unspecified atom stereocenters. The van der Waals surface area contributed by atoms with Gasteiger partial charge in [-0.05, 0) is 6.42 Å². The number of carboxylic acids is 1. The van der Waals surface area contributed by atoms with Crippen molar-refractivity contribution in [3.05, 3.63) is 0 Å². The van der Waals surface area contributed by atoms with E-state index in [0.29, 0.717) is 0 Å². The molecule has 0 heterocycles. The maximum atomic E-state index is 10.1. The van der Waals surface area contributed by atoms with Gasteiger partial charge < -0.3 is 10.8 Å². The molecule has 0 fully saturated rings. The van der Waals surface area contributed by atoms with Crippen molar-refractivity contribution in [1.29, 1.82) is 0 Å². The van der Waals surface area contributed by atoms with E-state index < -0.39 is 22.9 Å². The predicted octanol–water partition coefficient (Wildman–Crippen LogP) is -2.10. The van der Waals surface area contributed by atoms with Gasteiger partial charge in [-0.2, -0.15) is 0 Å². The number of carboxylic acid groups (broad SMARTS) is 1. The van der Waals surface area contributed by atoms with Crippen LogP contribution in [0, 0.1) is 0 Å². The summed E-state index contributed by atoms with van der Waals surface area (Å²) in [6, 6.07) is -1.00. The fourth-order valence-corrected chi connectivity index (χ4v) is 0.746. The highest BCUT2D eigenvalue weighted by Gasteiger charge is 2.09. The van der Waals surface area contributed by atoms with Gasteiger partial charge in [0.25, 0.3) is 0 Å². The minimum Gasteiger partial charge on any atom is -0.480 e. The van der Waals surface area contributed by atoms with E-state index in [1.165, 1.54) is 0 Å². The molecule has 0 saturated carbocycles. The third kappa shape index (κ3) is 5.77. The van der Waals surface area contributed by atoms with Crippen molar-refractivity contribution in [2.45, 2.75) is 12.5 Å². The van der Waals surface area contributed by atoms with E-state index >= 15 is 0 Å². The van der Waals surface area contributed by atoms with Crippen LogP contribution in [0.1, 0.15) is 6.42 Å². The third-order valence-corrected chi connectivity index (χ3v) is 1.50. The van der Waals surface area contributed by atoms with E-state index in [9.17, 15) is 13.2 Å². The second-order valence-corrected chi connectivity index (χ2v) is 2.73. The van der Waals surface area contributed by atoms with E-state index in [-0.39, 0.29) is 13.0 Å². The first-order valence-corrected chi connectivity index (χ1v) is 4.08. The number of hydrogen-bond donors (Lipinski definition) is 4. The van der Waals surface area contributed by atoms with Gasteiger partial charge in [0.15, 0.2) is 0 Å². The maximum Gasteiger partial charge on any atom is 0.320 e. The number of rotatable bonds is 5. The Morgan fingerprint density at radius 3 is 2.55 bits per heavy atom. The topological polar surface area (TPSA) is 109 Å². The van der Waals surface area contributed by atoms with E-state index in [0.717, 1.165) is 0 Å². The van der Waals surface area contributed by atoms with Crippen molar-refractivity contribution in [3.63, 3.8) is 0 Å². The molecule has 0 aliphatic rings. The zero-order chi connectivity index (χ0) is 8.85. The largest absolute Gasteiger partial charge is 0.480 e. The molecule has 0 amide bonds. The molecule has 4 N–H and O–H groups in total. The van der Waals surface area contributed by atoms with Gasteiger partial charge in [-0.1, -0.05) is 0 Å². The van der Waals surface area contributed by atoms with E-state index in [1.807, 2.05) is 4.72 Å². The normalized spacial score (nSPS) is 13.3. The summed E-state index contributed by atoms with van der Waals surface area (Å²) in [6.45, 7) is 0.0617. The summed E-state index contributed by atoms with van der Waals surface area (Å²) in [5.41, 5.74) is 5.07. The van der Waals surface area contributed by atoms with Crippen molar-refractivity contribution in [2.24, 2.45) is 5.73 Å². The lowest BCUT2D eigenvalue weighted by atomic mass is 10.2. The van der Waals surface area contributed by atoms with Crippen molar-refractivity contribution < 1.29 is 18.3 Å². The molecule has 11 heavy (non-hydrogen) atoms. The molecule has 0 saturated heterocycles. The summed E-state index contributed by atoms with van der Waals surface area (Å²) in [7, 11) is -2.65. The predicted molar refractivity (Wildman–Crippen MR) is 38.5 cm³/mol. The molecule has 0 rings (SSSR count). The Morgan fingerprint density at radius 1 is 1.64 bits per heavy atom. The van der Waals surface area contributed by atoms with Gasteiger partial charge in [0.2, 0.25) is 10.9 Å². The summed E-state index contributed by atoms with van der Waals surface area (Å²) in [6.07, 6.45) is 0.0959. The average molecular weight is 182 g/mol. The van der Waals surface area contributed by atoms with Crippen LogP contribution in [0.15, 0.2) is 0 Å². The van der Waals surface area contributed by atoms with Crippen LogP contribution in [0.2, 0.25) is 0 Å². The van der Waals surface area contributed by atoms with Crippen LogP contribution in [-0.2, 0) is 15.7 Å². The van der Waals surface area contributed by atoms with Crippen molar-refractivity contribution in [2.75, 3.05) is 6.54 Å². The SMILES string of the molecule is N[C@@H](CCN[SH](=O)=O)C(=O)O. The van der Waals surface area contributed by atoms with Gasteiger partial charge in [-0.25, -0.2) is 13.1 Å². The lowest BCUT2D eigenvalue weighted by Crippen LogP contribution is -2.33. The quantitative estimate of drug-likeness (QED) is 0.364. The van der Waals surface area contributed by atoms with Gasteiger partial charge in [-0.3, -0.25) is 4.79 Å². The number of carbonyl (C=O) groups is 1. The van der Waals surface area contributed by atoms with Gasteiger partial charge in [-0.15, -0.1) is 0 Å². The summed E-state index contributed by atoms with van der Waals surface area (Å²) in [4.78, 5) is 10.1. The number of nitrogens with two attached hydrogens (primary N) is 1. The van der Waals surface area contributed by atoms with Crippen molar-refractivity contribution in [3.8, 4) is 0 Å². The van der Waals surface area contributed by atoms with Crippen LogP contribution in [0.3, 0.4) is 0 Å². The lowest BCUT2D eigenvalue weighted by Gasteiger charge is -2.03. The number of thiol groups is 1. The molecule has 0 aliphatic heterocycles. The van der Waals surface area contributed by atoms with Crippen LogP contribution >= 0.6 is 0 Å². The van der Waals surface area contributed by atoms with Crippen molar-refractivity contribution >= 4 is 16.9 Å². The lowest BCUT2D eigenvalue weighted by molar-refractivity contribution is -0.138. The van der Waals surface area contributed by atoms with Crippen LogP contribution in [0.4, 0.5) is 0 Å². The highest BCUT2D eigenvalue weighted by Crippen LogP contribution is 1.84. The summed E-state index contributed by atoms with van der Waals surface area (Å²) < 4.78 is 21.8. The fraction of sp³-hybridized carbons (Fsp3) is 0.750. The number of nitrogens with one attached hydrogen (secondary N) is 1. The summed E-state index contributed by atoms with van der Waals surface area (Å²) in [5.74, 6) is -1.13. The minimum absolute atomic E-state index is 0.0617. The van der Waals surface area contributed by atoms with Crippen LogP contribution < -0.4 is 10.5 Å². The Hall–Kier alpha value is -0.660. The zero-order valence-electron chi connectivity index (χ0n) is 5.69. The smallest absolute Gasteiger partial charge is 0.320 e. The summed E-state index contributed by atoms with van der Waals surface area (Å²) in [5, 5.41) is 8.24. The monoisotopic (exact) mass is 182 g/mol. The van der Waals surface area contributed by atoms with Crippen molar-refractivity contribution in [1.82, 2.24) is 4.72 Å². The molecule has 0 spiro atoms. The Morgan fingerprint density at radius 2 is 2.18 bits per heavy atom. The molecule has 0 aromatic carbocycles. The molecule has 0 aromatic heterocycles. The number of hydrogen-bond acceptors (Lipinski definition) is 4. The van der Waals surface area contributed by atoms with E-state index in [1.54, 1.807) is 0 Å². The first kappa shape index (κ1) is 10.3. The Labute approximate surface area is 65.5 Å². The van der Waals surface area contributed by atoms with Gasteiger partial charge in [0.05, 0.1) is 0 Å². The molecule has 0 aliphatic carbocycles. The molecule has 0 radical (unpaired) electrons. The molecule has 0 aromatic rings. The average Bonchev–Trinajstić information content (AvgIpc) is 1.86. The second kappa shape index (κ2) is 5.05. The maximum absolute atomic E-state index is 10.1. The first-order valence-electron chi connectivity index (χ1n) is 2.90. The van der Waals surface area contributed by atoms with E-state index in [2.05, 4.69) is 0 Å². The first-order chi connectivity index (χ1) is 5.04. The van der Waals surface area contributed by atoms with E-state index in [4.69, 9.17) is 10.8 Å². The molecule has 6 nitrogen and oxygen atoms in total. The summed E-state index contributed by atoms with van der Waals surface area (Å²) >= 11 is 0. The van der Waals surface area contributed by atoms with Crippen LogP contribution in [0.5, 0.6) is 0 Å². The van der Waals surface area contributed by atoms with Gasteiger partial charge >= 0.3 is 5.97 Å². The van der Waals surface area contributed by atoms with Crippen LogP contribution in [-0.4, -0.2) is 32.1 Å². The van der Waals surface area contributed by atoms with Gasteiger partial charge in [0.1, 0.15) is 6.04 Å². The highest BCUT2D eigenvalue weighted by atomic mass is 32.2. The van der Waals surface area contributed by atoms with Gasteiger partial charge in [0, 0.05) is 6.54 Å².